The quantitative estimate of drug-likeness (QED) is 0.523. The molecular weight excluding hydrogens is 268 g/mol. The van der Waals surface area contributed by atoms with Gasteiger partial charge in [-0.15, -0.1) is 0 Å². The highest BCUT2D eigenvalue weighted by atomic mass is 16.1. The van der Waals surface area contributed by atoms with E-state index in [9.17, 15) is 4.79 Å². The van der Waals surface area contributed by atoms with Gasteiger partial charge in [0, 0.05) is 5.56 Å². The van der Waals surface area contributed by atoms with Gasteiger partial charge in [-0.3, -0.25) is 4.79 Å². The molecule has 0 spiro atoms. The largest absolute Gasteiger partial charge is 0.289 e. The standard InChI is InChI=1S/C21H24O/c1-4-16-7-12-20(13-8-16)21(22)14-10-17-9-11-18(5-2)19(6-3)15-17/h7-15H,4-6H2,1-3H3/b14-10+. The second kappa shape index (κ2) is 7.74. The Labute approximate surface area is 133 Å². The highest BCUT2D eigenvalue weighted by Crippen LogP contribution is 2.15. The highest BCUT2D eigenvalue weighted by molar-refractivity contribution is 6.06. The number of hydrogen-bond acceptors (Lipinski definition) is 1. The van der Waals surface area contributed by atoms with Crippen LogP contribution in [-0.2, 0) is 19.3 Å². The van der Waals surface area contributed by atoms with Crippen molar-refractivity contribution in [3.8, 4) is 0 Å². The first-order valence-corrected chi connectivity index (χ1v) is 8.11. The summed E-state index contributed by atoms with van der Waals surface area (Å²) in [5, 5.41) is 0. The topological polar surface area (TPSA) is 17.1 Å². The summed E-state index contributed by atoms with van der Waals surface area (Å²) in [5.74, 6) is 0.0558. The van der Waals surface area contributed by atoms with Crippen LogP contribution in [0.4, 0.5) is 0 Å². The highest BCUT2D eigenvalue weighted by Gasteiger charge is 2.02. The number of ketones is 1. The lowest BCUT2D eigenvalue weighted by molar-refractivity contribution is 0.104. The number of rotatable bonds is 6. The molecule has 0 bridgehead atoms. The molecule has 0 amide bonds. The third kappa shape index (κ3) is 3.94. The van der Waals surface area contributed by atoms with Crippen molar-refractivity contribution in [3.05, 3.63) is 76.4 Å². The average Bonchev–Trinajstić information content (AvgIpc) is 2.59. The molecule has 1 nitrogen and oxygen atoms in total. The molecule has 0 aliphatic rings. The number of hydrogen-bond donors (Lipinski definition) is 0. The Morgan fingerprint density at radius 2 is 1.55 bits per heavy atom. The maximum Gasteiger partial charge on any atom is 0.185 e. The van der Waals surface area contributed by atoms with E-state index in [2.05, 4.69) is 39.0 Å². The monoisotopic (exact) mass is 292 g/mol. The molecule has 22 heavy (non-hydrogen) atoms. The van der Waals surface area contributed by atoms with Crippen molar-refractivity contribution in [1.82, 2.24) is 0 Å². The van der Waals surface area contributed by atoms with Gasteiger partial charge in [0.25, 0.3) is 0 Å². The fraction of sp³-hybridized carbons (Fsp3) is 0.286. The number of carbonyl (C=O) groups is 1. The van der Waals surface area contributed by atoms with Crippen LogP contribution in [0.25, 0.3) is 6.08 Å². The summed E-state index contributed by atoms with van der Waals surface area (Å²) in [6, 6.07) is 14.3. The van der Waals surface area contributed by atoms with E-state index in [0.717, 1.165) is 30.4 Å². The molecule has 0 fully saturated rings. The smallest absolute Gasteiger partial charge is 0.185 e. The zero-order chi connectivity index (χ0) is 15.9. The fourth-order valence-corrected chi connectivity index (χ4v) is 2.60. The Bertz CT molecular complexity index is 663. The van der Waals surface area contributed by atoms with Crippen molar-refractivity contribution in [3.63, 3.8) is 0 Å². The van der Waals surface area contributed by atoms with E-state index in [1.165, 1.54) is 16.7 Å². The van der Waals surface area contributed by atoms with E-state index in [1.54, 1.807) is 6.08 Å². The van der Waals surface area contributed by atoms with Gasteiger partial charge in [-0.25, -0.2) is 0 Å². The van der Waals surface area contributed by atoms with Crippen LogP contribution in [0, 0.1) is 0 Å². The second-order valence-corrected chi connectivity index (χ2v) is 5.48. The summed E-state index contributed by atoms with van der Waals surface area (Å²) in [6.07, 6.45) is 6.65. The van der Waals surface area contributed by atoms with E-state index in [4.69, 9.17) is 0 Å². The van der Waals surface area contributed by atoms with E-state index >= 15 is 0 Å². The average molecular weight is 292 g/mol. The summed E-state index contributed by atoms with van der Waals surface area (Å²) < 4.78 is 0. The third-order valence-corrected chi connectivity index (χ3v) is 4.07. The lowest BCUT2D eigenvalue weighted by Crippen LogP contribution is -1.95. The molecule has 2 aromatic carbocycles. The Morgan fingerprint density at radius 1 is 0.864 bits per heavy atom. The molecule has 2 rings (SSSR count). The summed E-state index contributed by atoms with van der Waals surface area (Å²) in [4.78, 5) is 12.2. The molecule has 0 saturated carbocycles. The summed E-state index contributed by atoms with van der Waals surface area (Å²) >= 11 is 0. The minimum Gasteiger partial charge on any atom is -0.289 e. The van der Waals surface area contributed by atoms with E-state index in [1.807, 2.05) is 30.3 Å². The molecule has 0 aromatic heterocycles. The second-order valence-electron chi connectivity index (χ2n) is 5.48. The number of allylic oxidation sites excluding steroid dienone is 1. The van der Waals surface area contributed by atoms with Crippen molar-refractivity contribution in [2.75, 3.05) is 0 Å². The molecule has 2 aromatic rings. The number of carbonyl (C=O) groups excluding carboxylic acids is 1. The van der Waals surface area contributed by atoms with Gasteiger partial charge in [-0.05, 0) is 47.6 Å². The molecule has 0 aliphatic heterocycles. The van der Waals surface area contributed by atoms with Crippen molar-refractivity contribution < 1.29 is 4.79 Å². The Hall–Kier alpha value is -2.15. The third-order valence-electron chi connectivity index (χ3n) is 4.07. The van der Waals surface area contributed by atoms with Gasteiger partial charge in [-0.1, -0.05) is 69.3 Å². The van der Waals surface area contributed by atoms with Gasteiger partial charge >= 0.3 is 0 Å². The van der Waals surface area contributed by atoms with Gasteiger partial charge in [0.1, 0.15) is 0 Å². The predicted molar refractivity (Wildman–Crippen MR) is 94.4 cm³/mol. The summed E-state index contributed by atoms with van der Waals surface area (Å²) in [5.41, 5.74) is 5.84. The summed E-state index contributed by atoms with van der Waals surface area (Å²) in [7, 11) is 0. The molecule has 0 heterocycles. The SMILES string of the molecule is CCc1ccc(C(=O)/C=C/c2ccc(CC)c(CC)c2)cc1. The zero-order valence-corrected chi connectivity index (χ0v) is 13.7. The van der Waals surface area contributed by atoms with Crippen LogP contribution in [-0.4, -0.2) is 5.78 Å². The van der Waals surface area contributed by atoms with Crippen molar-refractivity contribution in [2.24, 2.45) is 0 Å². The van der Waals surface area contributed by atoms with Crippen molar-refractivity contribution >= 4 is 11.9 Å². The number of aryl methyl sites for hydroxylation is 3. The Morgan fingerprint density at radius 3 is 2.14 bits per heavy atom. The molecule has 0 aliphatic carbocycles. The van der Waals surface area contributed by atoms with E-state index in [0.29, 0.717) is 0 Å². The maximum atomic E-state index is 12.2. The summed E-state index contributed by atoms with van der Waals surface area (Å²) in [6.45, 7) is 6.46. The molecule has 114 valence electrons. The van der Waals surface area contributed by atoms with Gasteiger partial charge in [0.2, 0.25) is 0 Å². The molecule has 1 heteroatoms. The van der Waals surface area contributed by atoms with Crippen LogP contribution < -0.4 is 0 Å². The molecule has 0 N–H and O–H groups in total. The van der Waals surface area contributed by atoms with Crippen LogP contribution in [0.2, 0.25) is 0 Å². The fourth-order valence-electron chi connectivity index (χ4n) is 2.60. The van der Waals surface area contributed by atoms with Crippen LogP contribution in [0.5, 0.6) is 0 Å². The normalized spacial score (nSPS) is 11.0. The first-order chi connectivity index (χ1) is 10.7. The van der Waals surface area contributed by atoms with Gasteiger partial charge in [-0.2, -0.15) is 0 Å². The van der Waals surface area contributed by atoms with E-state index in [-0.39, 0.29) is 5.78 Å². The lowest BCUT2D eigenvalue weighted by atomic mass is 9.99. The molecular formula is C21H24O. The minimum atomic E-state index is 0.0558. The Kier molecular flexibility index (Phi) is 5.71. The van der Waals surface area contributed by atoms with Crippen LogP contribution in [0.3, 0.4) is 0 Å². The number of benzene rings is 2. The predicted octanol–water partition coefficient (Wildman–Crippen LogP) is 5.27. The zero-order valence-electron chi connectivity index (χ0n) is 13.7. The first kappa shape index (κ1) is 16.2. The molecule has 0 atom stereocenters. The van der Waals surface area contributed by atoms with E-state index < -0.39 is 0 Å². The Balaban J connectivity index is 2.14. The van der Waals surface area contributed by atoms with Crippen molar-refractivity contribution in [2.45, 2.75) is 40.0 Å². The molecule has 0 radical (unpaired) electrons. The van der Waals surface area contributed by atoms with Crippen LogP contribution in [0.15, 0.2) is 48.5 Å². The maximum absolute atomic E-state index is 12.2. The molecule has 0 unspecified atom stereocenters. The lowest BCUT2D eigenvalue weighted by Gasteiger charge is -2.06. The van der Waals surface area contributed by atoms with Gasteiger partial charge < -0.3 is 0 Å². The van der Waals surface area contributed by atoms with Crippen molar-refractivity contribution in [1.29, 1.82) is 0 Å². The first-order valence-electron chi connectivity index (χ1n) is 8.11. The van der Waals surface area contributed by atoms with Crippen LogP contribution >= 0.6 is 0 Å². The van der Waals surface area contributed by atoms with Gasteiger partial charge in [0.15, 0.2) is 5.78 Å². The van der Waals surface area contributed by atoms with Gasteiger partial charge in [0.05, 0.1) is 0 Å². The minimum absolute atomic E-state index is 0.0558. The van der Waals surface area contributed by atoms with Crippen LogP contribution in [0.1, 0.15) is 53.4 Å². The molecule has 0 saturated heterocycles.